The summed E-state index contributed by atoms with van der Waals surface area (Å²) in [4.78, 5) is 3.71. The van der Waals surface area contributed by atoms with Gasteiger partial charge < -0.3 is 10.4 Å². The number of rotatable bonds is 3. The van der Waals surface area contributed by atoms with Gasteiger partial charge in [0.25, 0.3) is 0 Å². The summed E-state index contributed by atoms with van der Waals surface area (Å²) in [5, 5.41) is 7.19. The van der Waals surface area contributed by atoms with Crippen molar-refractivity contribution in [2.75, 3.05) is 7.05 Å². The van der Waals surface area contributed by atoms with Gasteiger partial charge >= 0.3 is 0 Å². The van der Waals surface area contributed by atoms with Gasteiger partial charge in [0.15, 0.2) is 0 Å². The van der Waals surface area contributed by atoms with Crippen LogP contribution in [0, 0.1) is 11.3 Å². The second-order valence-electron chi connectivity index (χ2n) is 2.27. The summed E-state index contributed by atoms with van der Waals surface area (Å²) in [5.74, 6) is -0.176. The van der Waals surface area contributed by atoms with Crippen LogP contribution in [0.15, 0.2) is 4.99 Å². The Morgan fingerprint density at radius 2 is 2.10 bits per heavy atom. The number of nitrogens with zero attached hydrogens (tertiary/aromatic N) is 1. The molecule has 0 amide bonds. The molecule has 0 aliphatic heterocycles. The molecule has 58 valence electrons. The van der Waals surface area contributed by atoms with E-state index in [1.807, 2.05) is 0 Å². The van der Waals surface area contributed by atoms with E-state index in [-0.39, 0.29) is 11.6 Å². The van der Waals surface area contributed by atoms with Gasteiger partial charge in [0, 0.05) is 19.2 Å². The van der Waals surface area contributed by atoms with Gasteiger partial charge in [0.2, 0.25) is 0 Å². The Balaban J connectivity index is 3.95. The first kappa shape index (κ1) is 9.27. The van der Waals surface area contributed by atoms with Crippen LogP contribution in [0.4, 0.5) is 4.39 Å². The van der Waals surface area contributed by atoms with Gasteiger partial charge in [-0.3, -0.25) is 0 Å². The van der Waals surface area contributed by atoms with Crippen molar-refractivity contribution in [3.8, 4) is 0 Å². The minimum atomic E-state index is -1.16. The smallest absolute Gasteiger partial charge is 0.135 e. The Morgan fingerprint density at radius 1 is 1.60 bits per heavy atom. The van der Waals surface area contributed by atoms with E-state index in [2.05, 4.69) is 4.99 Å². The van der Waals surface area contributed by atoms with Crippen LogP contribution in [-0.2, 0) is 0 Å². The number of hydrogen-bond donors (Lipinski definition) is 1. The van der Waals surface area contributed by atoms with E-state index in [4.69, 9.17) is 5.41 Å². The summed E-state index contributed by atoms with van der Waals surface area (Å²) in [6.45, 7) is 3.12. The lowest BCUT2D eigenvalue weighted by atomic mass is 10.0. The number of halogens is 1. The van der Waals surface area contributed by atoms with Gasteiger partial charge in [-0.1, -0.05) is 6.92 Å². The van der Waals surface area contributed by atoms with Crippen molar-refractivity contribution >= 4 is 11.9 Å². The summed E-state index contributed by atoms with van der Waals surface area (Å²) in [6.07, 6.45) is 0.409. The maximum Gasteiger partial charge on any atom is 0.135 e. The highest BCUT2D eigenvalue weighted by atomic mass is 19.1. The van der Waals surface area contributed by atoms with Crippen LogP contribution in [0.1, 0.15) is 13.8 Å². The van der Waals surface area contributed by atoms with Crippen molar-refractivity contribution in [2.45, 2.75) is 20.0 Å². The second-order valence-corrected chi connectivity index (χ2v) is 2.27. The molecule has 1 N–H and O–H groups in total. The van der Waals surface area contributed by atoms with Gasteiger partial charge in [-0.25, -0.2) is 4.39 Å². The zero-order valence-electron chi connectivity index (χ0n) is 6.56. The molecule has 0 heterocycles. The molecule has 0 aromatic rings. The lowest BCUT2D eigenvalue weighted by Gasteiger charge is -2.07. The summed E-state index contributed by atoms with van der Waals surface area (Å²) < 4.78 is 12.4. The molecular weight excluding hydrogens is 131 g/mol. The van der Waals surface area contributed by atoms with Crippen LogP contribution in [0.3, 0.4) is 0 Å². The fourth-order valence-corrected chi connectivity index (χ4v) is 0.666. The van der Waals surface area contributed by atoms with Crippen LogP contribution in [0.25, 0.3) is 0 Å². The first-order chi connectivity index (χ1) is 4.59. The predicted octanol–water partition coefficient (Wildman–Crippen LogP) is 1.70. The summed E-state index contributed by atoms with van der Waals surface area (Å²) in [5.41, 5.74) is 0.0885. The number of alkyl halides is 1. The molecule has 2 nitrogen and oxygen atoms in total. The van der Waals surface area contributed by atoms with Crippen LogP contribution in [0.2, 0.25) is 0 Å². The Labute approximate surface area is 60.7 Å². The molecule has 10 heavy (non-hydrogen) atoms. The minimum Gasteiger partial charge on any atom is -0.306 e. The average molecular weight is 144 g/mol. The van der Waals surface area contributed by atoms with Crippen LogP contribution in [-0.4, -0.2) is 25.1 Å². The maximum absolute atomic E-state index is 12.4. The monoisotopic (exact) mass is 144 g/mol. The van der Waals surface area contributed by atoms with Gasteiger partial charge in [-0.15, -0.1) is 0 Å². The number of nitrogens with one attached hydrogen (secondary N) is 1. The van der Waals surface area contributed by atoms with E-state index in [9.17, 15) is 4.39 Å². The van der Waals surface area contributed by atoms with Crippen molar-refractivity contribution in [3.63, 3.8) is 0 Å². The first-order valence-electron chi connectivity index (χ1n) is 3.24. The van der Waals surface area contributed by atoms with Crippen molar-refractivity contribution in [3.05, 3.63) is 0 Å². The first-order valence-corrected chi connectivity index (χ1v) is 3.24. The summed E-state index contributed by atoms with van der Waals surface area (Å²) >= 11 is 0. The molecule has 0 aliphatic rings. The lowest BCUT2D eigenvalue weighted by molar-refractivity contribution is 0.445. The Kier molecular flexibility index (Phi) is 3.84. The molecule has 0 spiro atoms. The molecular formula is C7H13FN2. The van der Waals surface area contributed by atoms with Gasteiger partial charge in [-0.05, 0) is 6.92 Å². The van der Waals surface area contributed by atoms with Crippen molar-refractivity contribution in [1.82, 2.24) is 0 Å². The Hall–Kier alpha value is -0.730. The molecule has 3 heteroatoms. The molecule has 0 fully saturated rings. The van der Waals surface area contributed by atoms with E-state index in [0.29, 0.717) is 0 Å². The third-order valence-electron chi connectivity index (χ3n) is 1.29. The zero-order valence-corrected chi connectivity index (χ0v) is 6.56. The molecule has 0 saturated carbocycles. The van der Waals surface area contributed by atoms with Crippen molar-refractivity contribution in [2.24, 2.45) is 10.9 Å². The van der Waals surface area contributed by atoms with Crippen LogP contribution >= 0.6 is 0 Å². The lowest BCUT2D eigenvalue weighted by Crippen LogP contribution is -2.20. The highest BCUT2D eigenvalue weighted by molar-refractivity contribution is 5.98. The molecule has 0 aliphatic carbocycles. The average Bonchev–Trinajstić information content (AvgIpc) is 1.87. The predicted molar refractivity (Wildman–Crippen MR) is 41.9 cm³/mol. The van der Waals surface area contributed by atoms with E-state index < -0.39 is 6.17 Å². The fourth-order valence-electron chi connectivity index (χ4n) is 0.666. The fraction of sp³-hybridized carbons (Fsp3) is 0.714. The van der Waals surface area contributed by atoms with Gasteiger partial charge in [-0.2, -0.15) is 0 Å². The Bertz CT molecular complexity index is 141. The maximum atomic E-state index is 12.4. The van der Waals surface area contributed by atoms with Crippen LogP contribution < -0.4 is 0 Å². The van der Waals surface area contributed by atoms with E-state index >= 15 is 0 Å². The summed E-state index contributed by atoms with van der Waals surface area (Å²) in [7, 11) is 1.62. The highest BCUT2D eigenvalue weighted by Crippen LogP contribution is 2.01. The third kappa shape index (κ3) is 2.71. The standard InChI is InChI=1S/C7H13FN2/c1-5(4-10-3)7(9)6(2)8/h4-6,9H,1-3H3. The molecule has 2 atom stereocenters. The summed E-state index contributed by atoms with van der Waals surface area (Å²) in [6, 6.07) is 0. The molecule has 0 radical (unpaired) electrons. The second kappa shape index (κ2) is 4.14. The molecule has 0 rings (SSSR count). The van der Waals surface area contributed by atoms with Crippen molar-refractivity contribution in [1.29, 1.82) is 5.41 Å². The molecule has 0 aromatic carbocycles. The van der Waals surface area contributed by atoms with E-state index in [1.54, 1.807) is 20.2 Å². The highest BCUT2D eigenvalue weighted by Gasteiger charge is 2.12. The normalized spacial score (nSPS) is 17.2. The molecule has 2 unspecified atom stereocenters. The quantitative estimate of drug-likeness (QED) is 0.585. The van der Waals surface area contributed by atoms with Crippen LogP contribution in [0.5, 0.6) is 0 Å². The van der Waals surface area contributed by atoms with Crippen molar-refractivity contribution < 1.29 is 4.39 Å². The van der Waals surface area contributed by atoms with Gasteiger partial charge in [0.1, 0.15) is 6.17 Å². The zero-order chi connectivity index (χ0) is 8.15. The van der Waals surface area contributed by atoms with Gasteiger partial charge in [0.05, 0.1) is 5.71 Å². The largest absolute Gasteiger partial charge is 0.306 e. The minimum absolute atomic E-state index is 0.0885. The number of aliphatic imine (C=N–C) groups is 1. The third-order valence-corrected chi connectivity index (χ3v) is 1.29. The topological polar surface area (TPSA) is 36.2 Å². The Morgan fingerprint density at radius 3 is 2.40 bits per heavy atom. The molecule has 0 bridgehead atoms. The van der Waals surface area contributed by atoms with E-state index in [1.165, 1.54) is 6.92 Å². The SMILES string of the molecule is CN=CC(C)C(=N)C(C)F. The number of hydrogen-bond acceptors (Lipinski definition) is 2. The molecule has 0 aromatic heterocycles. The van der Waals surface area contributed by atoms with E-state index in [0.717, 1.165) is 0 Å². The molecule has 0 saturated heterocycles.